The van der Waals surface area contributed by atoms with Gasteiger partial charge in [-0.05, 0) is 48.6 Å². The summed E-state index contributed by atoms with van der Waals surface area (Å²) >= 11 is 6.54. The van der Waals surface area contributed by atoms with Crippen molar-refractivity contribution in [3.8, 4) is 11.4 Å². The fraction of sp³-hybridized carbons (Fsp3) is 0.304. The van der Waals surface area contributed by atoms with Crippen LogP contribution in [-0.4, -0.2) is 42.3 Å². The lowest BCUT2D eigenvalue weighted by molar-refractivity contribution is -0.133. The predicted octanol–water partition coefficient (Wildman–Crippen LogP) is 4.05. The number of anilines is 2. The molecule has 2 aliphatic rings. The van der Waals surface area contributed by atoms with Crippen LogP contribution >= 0.6 is 11.6 Å². The molecule has 2 aromatic heterocycles. The lowest BCUT2D eigenvalue weighted by Crippen LogP contribution is -2.36. The molecule has 4 aromatic rings. The van der Waals surface area contributed by atoms with Crippen LogP contribution in [0, 0.1) is 5.92 Å². The fourth-order valence-electron chi connectivity index (χ4n) is 4.28. The summed E-state index contributed by atoms with van der Waals surface area (Å²) in [6, 6.07) is 10.1. The van der Waals surface area contributed by atoms with Crippen molar-refractivity contribution < 1.29 is 4.79 Å². The molecule has 32 heavy (non-hydrogen) atoms. The van der Waals surface area contributed by atoms with Gasteiger partial charge in [0.2, 0.25) is 11.9 Å². The molecule has 0 spiro atoms. The minimum absolute atomic E-state index is 0.266. The minimum atomic E-state index is 0.266. The second-order valence-electron chi connectivity index (χ2n) is 8.53. The van der Waals surface area contributed by atoms with E-state index in [0.29, 0.717) is 29.2 Å². The zero-order valence-corrected chi connectivity index (χ0v) is 18.4. The Morgan fingerprint density at radius 3 is 2.94 bits per heavy atom. The molecule has 0 saturated heterocycles. The van der Waals surface area contributed by atoms with E-state index in [9.17, 15) is 4.79 Å². The maximum atomic E-state index is 12.4. The van der Waals surface area contributed by atoms with Crippen LogP contribution in [0.25, 0.3) is 22.3 Å². The van der Waals surface area contributed by atoms with Crippen molar-refractivity contribution in [3.63, 3.8) is 0 Å². The molecule has 6 rings (SSSR count). The topological polar surface area (TPSA) is 91.7 Å². The number of carbonyl (C=O) groups is 1. The van der Waals surface area contributed by atoms with Crippen LogP contribution in [0.3, 0.4) is 0 Å². The first-order valence-electron chi connectivity index (χ1n) is 10.8. The van der Waals surface area contributed by atoms with Crippen LogP contribution in [0.5, 0.6) is 0 Å². The van der Waals surface area contributed by atoms with Gasteiger partial charge in [-0.3, -0.25) is 9.89 Å². The van der Waals surface area contributed by atoms with Gasteiger partial charge in [0.05, 0.1) is 22.4 Å². The first kappa shape index (κ1) is 19.3. The number of benzene rings is 2. The van der Waals surface area contributed by atoms with Gasteiger partial charge in [-0.25, -0.2) is 4.68 Å². The van der Waals surface area contributed by atoms with Gasteiger partial charge in [-0.15, -0.1) is 5.10 Å². The van der Waals surface area contributed by atoms with Crippen LogP contribution in [0.2, 0.25) is 5.02 Å². The quantitative estimate of drug-likeness (QED) is 0.492. The van der Waals surface area contributed by atoms with E-state index in [0.717, 1.165) is 48.0 Å². The third-order valence-corrected chi connectivity index (χ3v) is 6.69. The van der Waals surface area contributed by atoms with Gasteiger partial charge in [0.15, 0.2) is 5.82 Å². The minimum Gasteiger partial charge on any atom is -0.338 e. The number of fused-ring (bicyclic) bond motifs is 2. The van der Waals surface area contributed by atoms with Crippen molar-refractivity contribution in [2.75, 3.05) is 11.9 Å². The van der Waals surface area contributed by atoms with E-state index in [2.05, 4.69) is 32.7 Å². The van der Waals surface area contributed by atoms with Crippen molar-refractivity contribution >= 4 is 40.0 Å². The number of amides is 1. The molecule has 0 bridgehead atoms. The van der Waals surface area contributed by atoms with Gasteiger partial charge < -0.3 is 10.2 Å². The van der Waals surface area contributed by atoms with Crippen LogP contribution in [0.15, 0.2) is 36.5 Å². The number of hydrogen-bond donors (Lipinski definition) is 2. The number of rotatable bonds is 4. The second kappa shape index (κ2) is 7.34. The zero-order chi connectivity index (χ0) is 21.8. The average molecular weight is 448 g/mol. The largest absolute Gasteiger partial charge is 0.338 e. The Bertz CT molecular complexity index is 1350. The van der Waals surface area contributed by atoms with Crippen LogP contribution in [0.1, 0.15) is 24.0 Å². The summed E-state index contributed by atoms with van der Waals surface area (Å²) in [5, 5.41) is 16.3. The molecule has 8 nitrogen and oxygen atoms in total. The first-order valence-corrected chi connectivity index (χ1v) is 11.2. The van der Waals surface area contributed by atoms with Gasteiger partial charge in [0.1, 0.15) is 0 Å². The Hall–Kier alpha value is -3.39. The molecule has 0 unspecified atom stereocenters. The monoisotopic (exact) mass is 447 g/mol. The van der Waals surface area contributed by atoms with Gasteiger partial charge in [0.25, 0.3) is 0 Å². The molecule has 1 fully saturated rings. The lowest BCUT2D eigenvalue weighted by atomic mass is 9.97. The van der Waals surface area contributed by atoms with Crippen molar-refractivity contribution in [2.24, 2.45) is 13.0 Å². The number of aryl methyl sites for hydroxylation is 1. The number of hydrogen-bond acceptors (Lipinski definition) is 5. The highest BCUT2D eigenvalue weighted by Crippen LogP contribution is 2.34. The van der Waals surface area contributed by atoms with Crippen LogP contribution in [0.4, 0.5) is 11.6 Å². The van der Waals surface area contributed by atoms with E-state index >= 15 is 0 Å². The SMILES string of the molecule is Cn1nc(-c2ccc3c(c2)CCN(C(=O)C2CC2)C3)nc1Nc1ccc2[nH]ncc2c1Cl. The Labute approximate surface area is 189 Å². The molecule has 0 radical (unpaired) electrons. The maximum absolute atomic E-state index is 12.4. The fourth-order valence-corrected chi connectivity index (χ4v) is 4.55. The molecule has 2 aromatic carbocycles. The van der Waals surface area contributed by atoms with E-state index in [1.807, 2.05) is 30.1 Å². The Balaban J connectivity index is 1.25. The molecule has 162 valence electrons. The van der Waals surface area contributed by atoms with Gasteiger partial charge in [-0.1, -0.05) is 23.7 Å². The molecule has 3 heterocycles. The summed E-state index contributed by atoms with van der Waals surface area (Å²) in [4.78, 5) is 19.1. The number of nitrogens with zero attached hydrogens (tertiary/aromatic N) is 5. The lowest BCUT2D eigenvalue weighted by Gasteiger charge is -2.29. The molecule has 1 amide bonds. The van der Waals surface area contributed by atoms with Crippen molar-refractivity contribution in [1.29, 1.82) is 0 Å². The number of nitrogens with one attached hydrogen (secondary N) is 2. The molecule has 9 heteroatoms. The van der Waals surface area contributed by atoms with Crippen molar-refractivity contribution in [3.05, 3.63) is 52.7 Å². The van der Waals surface area contributed by atoms with Crippen molar-refractivity contribution in [2.45, 2.75) is 25.8 Å². The molecule has 1 aliphatic heterocycles. The van der Waals surface area contributed by atoms with E-state index in [1.165, 1.54) is 11.1 Å². The number of H-pyrrole nitrogens is 1. The third kappa shape index (κ3) is 3.31. The standard InChI is InChI=1S/C23H22ClN7O/c1-30-23(26-19-7-6-18-17(20(19)24)11-25-28-18)27-21(29-30)15-4-5-16-12-31(9-8-14(16)10-15)22(32)13-2-3-13/h4-7,10-11,13H,2-3,8-9,12H2,1H3,(H,25,28)(H,26,27,29). The third-order valence-electron chi connectivity index (χ3n) is 6.28. The number of aromatic amines is 1. The normalized spacial score (nSPS) is 15.8. The molecular weight excluding hydrogens is 426 g/mol. The molecular formula is C23H22ClN7O. The molecule has 2 N–H and O–H groups in total. The van der Waals surface area contributed by atoms with Gasteiger partial charge in [-0.2, -0.15) is 10.1 Å². The summed E-state index contributed by atoms with van der Waals surface area (Å²) in [6.07, 6.45) is 4.66. The number of halogens is 1. The summed E-state index contributed by atoms with van der Waals surface area (Å²) in [5.74, 6) is 1.83. The average Bonchev–Trinajstić information content (AvgIpc) is 3.43. The van der Waals surface area contributed by atoms with Crippen LogP contribution in [-0.2, 0) is 24.8 Å². The highest BCUT2D eigenvalue weighted by molar-refractivity contribution is 6.38. The molecule has 1 saturated carbocycles. The second-order valence-corrected chi connectivity index (χ2v) is 8.91. The Morgan fingerprint density at radius 2 is 2.09 bits per heavy atom. The van der Waals surface area contributed by atoms with E-state index < -0.39 is 0 Å². The number of aromatic nitrogens is 5. The molecule has 1 aliphatic carbocycles. The Kier molecular flexibility index (Phi) is 4.43. The van der Waals surface area contributed by atoms with E-state index in [4.69, 9.17) is 16.6 Å². The zero-order valence-electron chi connectivity index (χ0n) is 17.6. The smallest absolute Gasteiger partial charge is 0.225 e. The predicted molar refractivity (Wildman–Crippen MR) is 123 cm³/mol. The summed E-state index contributed by atoms with van der Waals surface area (Å²) < 4.78 is 1.71. The van der Waals surface area contributed by atoms with Gasteiger partial charge >= 0.3 is 0 Å². The maximum Gasteiger partial charge on any atom is 0.225 e. The summed E-state index contributed by atoms with van der Waals surface area (Å²) in [7, 11) is 1.85. The highest BCUT2D eigenvalue weighted by Gasteiger charge is 2.34. The highest BCUT2D eigenvalue weighted by atomic mass is 35.5. The van der Waals surface area contributed by atoms with Gasteiger partial charge in [0, 0.05) is 37.0 Å². The molecule has 0 atom stereocenters. The summed E-state index contributed by atoms with van der Waals surface area (Å²) in [6.45, 7) is 1.48. The Morgan fingerprint density at radius 1 is 1.22 bits per heavy atom. The first-order chi connectivity index (χ1) is 15.6. The number of carbonyl (C=O) groups excluding carboxylic acids is 1. The van der Waals surface area contributed by atoms with Crippen molar-refractivity contribution in [1.82, 2.24) is 29.9 Å². The van der Waals surface area contributed by atoms with E-state index in [1.54, 1.807) is 10.9 Å². The summed E-state index contributed by atoms with van der Waals surface area (Å²) in [5.41, 5.74) is 5.06. The van der Waals surface area contributed by atoms with Crippen LogP contribution < -0.4 is 5.32 Å². The van der Waals surface area contributed by atoms with E-state index in [-0.39, 0.29) is 5.92 Å².